The molecule has 2 atom stereocenters. The molecule has 1 spiro atoms. The Bertz CT molecular complexity index is 241. The predicted octanol–water partition coefficient (Wildman–Crippen LogP) is 1.58. The minimum absolute atomic E-state index is 0.393. The lowest BCUT2D eigenvalue weighted by molar-refractivity contribution is -0.137. The molecule has 3 nitrogen and oxygen atoms in total. The zero-order valence-electron chi connectivity index (χ0n) is 8.83. The van der Waals surface area contributed by atoms with Crippen molar-refractivity contribution in [1.29, 1.82) is 0 Å². The van der Waals surface area contributed by atoms with Crippen molar-refractivity contribution in [2.24, 2.45) is 11.3 Å². The van der Waals surface area contributed by atoms with E-state index in [1.54, 1.807) is 0 Å². The van der Waals surface area contributed by atoms with Crippen LogP contribution < -0.4 is 0 Å². The molecule has 0 bridgehead atoms. The highest BCUT2D eigenvalue weighted by Gasteiger charge is 2.53. The van der Waals surface area contributed by atoms with Gasteiger partial charge in [-0.3, -0.25) is 4.79 Å². The van der Waals surface area contributed by atoms with Crippen molar-refractivity contribution in [2.75, 3.05) is 20.1 Å². The zero-order chi connectivity index (χ0) is 10.2. The number of hydrogen-bond acceptors (Lipinski definition) is 2. The van der Waals surface area contributed by atoms with E-state index in [4.69, 9.17) is 5.11 Å². The number of hydrogen-bond donors (Lipinski definition) is 1. The van der Waals surface area contributed by atoms with Crippen molar-refractivity contribution in [1.82, 2.24) is 4.90 Å². The average Bonchev–Trinajstić information content (AvgIpc) is 2.78. The summed E-state index contributed by atoms with van der Waals surface area (Å²) in [5.41, 5.74) is 0.420. The van der Waals surface area contributed by atoms with Crippen LogP contribution in [0.3, 0.4) is 0 Å². The number of nitrogens with zero attached hydrogens (tertiary/aromatic N) is 1. The number of likely N-dealkylation sites (tertiary alicyclic amines) is 1. The van der Waals surface area contributed by atoms with Crippen LogP contribution >= 0.6 is 0 Å². The quantitative estimate of drug-likeness (QED) is 0.730. The molecule has 3 heteroatoms. The van der Waals surface area contributed by atoms with Gasteiger partial charge >= 0.3 is 5.97 Å². The van der Waals surface area contributed by atoms with Gasteiger partial charge in [0.05, 0.1) is 0 Å². The molecule has 1 N–H and O–H groups in total. The summed E-state index contributed by atoms with van der Waals surface area (Å²) < 4.78 is 0. The molecule has 0 amide bonds. The third-order valence-corrected chi connectivity index (χ3v) is 3.99. The summed E-state index contributed by atoms with van der Waals surface area (Å²) in [7, 11) is 2.16. The molecule has 2 unspecified atom stereocenters. The summed E-state index contributed by atoms with van der Waals surface area (Å²) in [6.07, 6.45) is 5.25. The third kappa shape index (κ3) is 1.92. The topological polar surface area (TPSA) is 40.5 Å². The van der Waals surface area contributed by atoms with Crippen LogP contribution in [0.15, 0.2) is 0 Å². The van der Waals surface area contributed by atoms with Gasteiger partial charge in [-0.05, 0) is 57.2 Å². The summed E-state index contributed by atoms with van der Waals surface area (Å²) >= 11 is 0. The van der Waals surface area contributed by atoms with E-state index in [0.717, 1.165) is 13.0 Å². The van der Waals surface area contributed by atoms with Gasteiger partial charge < -0.3 is 10.0 Å². The fourth-order valence-corrected chi connectivity index (χ4v) is 2.89. The van der Waals surface area contributed by atoms with E-state index in [2.05, 4.69) is 11.9 Å². The van der Waals surface area contributed by atoms with Crippen LogP contribution in [0.5, 0.6) is 0 Å². The highest BCUT2D eigenvalue weighted by atomic mass is 16.4. The molecule has 14 heavy (non-hydrogen) atoms. The number of carbonyl (C=O) groups is 1. The first kappa shape index (κ1) is 9.97. The van der Waals surface area contributed by atoms with Gasteiger partial charge in [-0.15, -0.1) is 0 Å². The number of carboxylic acids is 1. The highest BCUT2D eigenvalue weighted by molar-refractivity contribution is 5.67. The van der Waals surface area contributed by atoms with Crippen molar-refractivity contribution in [3.63, 3.8) is 0 Å². The molecular weight excluding hydrogens is 178 g/mol. The van der Waals surface area contributed by atoms with Crippen molar-refractivity contribution < 1.29 is 9.90 Å². The smallest absolute Gasteiger partial charge is 0.303 e. The largest absolute Gasteiger partial charge is 0.481 e. The van der Waals surface area contributed by atoms with Crippen molar-refractivity contribution in [3.8, 4) is 0 Å². The molecule has 1 saturated heterocycles. The minimum atomic E-state index is -0.621. The van der Waals surface area contributed by atoms with Gasteiger partial charge in [0.2, 0.25) is 0 Å². The molecule has 80 valence electrons. The fourth-order valence-electron chi connectivity index (χ4n) is 2.89. The second-order valence-electron chi connectivity index (χ2n) is 5.02. The second-order valence-corrected chi connectivity index (χ2v) is 5.02. The lowest BCUT2D eigenvalue weighted by Crippen LogP contribution is -2.19. The van der Waals surface area contributed by atoms with Gasteiger partial charge in [0.15, 0.2) is 0 Å². The van der Waals surface area contributed by atoms with Gasteiger partial charge in [-0.2, -0.15) is 0 Å². The monoisotopic (exact) mass is 197 g/mol. The van der Waals surface area contributed by atoms with Crippen LogP contribution in [0.4, 0.5) is 0 Å². The predicted molar refractivity (Wildman–Crippen MR) is 54.1 cm³/mol. The maximum atomic E-state index is 10.6. The van der Waals surface area contributed by atoms with E-state index in [-0.39, 0.29) is 0 Å². The summed E-state index contributed by atoms with van der Waals surface area (Å²) in [4.78, 5) is 13.0. The van der Waals surface area contributed by atoms with E-state index >= 15 is 0 Å². The van der Waals surface area contributed by atoms with Crippen LogP contribution in [0.2, 0.25) is 0 Å². The lowest BCUT2D eigenvalue weighted by atomic mass is 9.93. The Hall–Kier alpha value is -0.570. The van der Waals surface area contributed by atoms with E-state index in [1.807, 2.05) is 0 Å². The molecule has 2 aliphatic rings. The van der Waals surface area contributed by atoms with E-state index in [9.17, 15) is 4.79 Å². The Labute approximate surface area is 85.1 Å². The van der Waals surface area contributed by atoms with Gasteiger partial charge in [-0.1, -0.05) is 0 Å². The first-order valence-corrected chi connectivity index (χ1v) is 5.53. The standard InChI is InChI=1S/C11H19NO2/c1-12-5-2-3-11(4-6-12)8-9(11)7-10(13)14/h9H,2-8H2,1H3,(H,13,14). The van der Waals surface area contributed by atoms with E-state index in [0.29, 0.717) is 17.8 Å². The Kier molecular flexibility index (Phi) is 2.52. The Morgan fingerprint density at radius 3 is 3.00 bits per heavy atom. The van der Waals surface area contributed by atoms with Crippen LogP contribution in [-0.4, -0.2) is 36.1 Å². The number of rotatable bonds is 2. The SMILES string of the molecule is CN1CCCC2(CC1)CC2CC(=O)O. The maximum absolute atomic E-state index is 10.6. The molecule has 1 saturated carbocycles. The van der Waals surface area contributed by atoms with Crippen LogP contribution in [0, 0.1) is 11.3 Å². The first-order chi connectivity index (χ1) is 6.62. The molecular formula is C11H19NO2. The number of aliphatic carboxylic acids is 1. The fraction of sp³-hybridized carbons (Fsp3) is 0.909. The Balaban J connectivity index is 1.89. The second kappa shape index (κ2) is 3.54. The minimum Gasteiger partial charge on any atom is -0.481 e. The van der Waals surface area contributed by atoms with E-state index in [1.165, 1.54) is 25.8 Å². The molecule has 0 aromatic rings. The Morgan fingerprint density at radius 1 is 1.50 bits per heavy atom. The first-order valence-electron chi connectivity index (χ1n) is 5.53. The van der Waals surface area contributed by atoms with Gasteiger partial charge in [-0.25, -0.2) is 0 Å². The van der Waals surface area contributed by atoms with Crippen LogP contribution in [0.1, 0.15) is 32.1 Å². The van der Waals surface area contributed by atoms with Gasteiger partial charge in [0, 0.05) is 6.42 Å². The summed E-state index contributed by atoms with van der Waals surface area (Å²) in [6.45, 7) is 2.33. The number of carboxylic acid groups (broad SMARTS) is 1. The average molecular weight is 197 g/mol. The molecule has 0 radical (unpaired) electrons. The molecule has 1 heterocycles. The molecule has 2 rings (SSSR count). The maximum Gasteiger partial charge on any atom is 0.303 e. The summed E-state index contributed by atoms with van der Waals surface area (Å²) in [6, 6.07) is 0. The molecule has 0 aromatic carbocycles. The normalized spacial score (nSPS) is 38.2. The molecule has 1 aliphatic heterocycles. The van der Waals surface area contributed by atoms with Gasteiger partial charge in [0.25, 0.3) is 0 Å². The lowest BCUT2D eigenvalue weighted by Gasteiger charge is -2.14. The summed E-state index contributed by atoms with van der Waals surface area (Å²) in [5.74, 6) is -0.143. The summed E-state index contributed by atoms with van der Waals surface area (Å²) in [5, 5.41) is 8.75. The van der Waals surface area contributed by atoms with Crippen molar-refractivity contribution in [2.45, 2.75) is 32.1 Å². The van der Waals surface area contributed by atoms with Crippen molar-refractivity contribution in [3.05, 3.63) is 0 Å². The molecule has 0 aromatic heterocycles. The van der Waals surface area contributed by atoms with Crippen LogP contribution in [0.25, 0.3) is 0 Å². The van der Waals surface area contributed by atoms with E-state index < -0.39 is 5.97 Å². The Morgan fingerprint density at radius 2 is 2.29 bits per heavy atom. The van der Waals surface area contributed by atoms with Crippen molar-refractivity contribution >= 4 is 5.97 Å². The van der Waals surface area contributed by atoms with Gasteiger partial charge in [0.1, 0.15) is 0 Å². The molecule has 1 aliphatic carbocycles. The molecule has 2 fully saturated rings. The third-order valence-electron chi connectivity index (χ3n) is 3.99. The highest BCUT2D eigenvalue weighted by Crippen LogP contribution is 2.60. The van der Waals surface area contributed by atoms with Crippen LogP contribution in [-0.2, 0) is 4.79 Å². The zero-order valence-corrected chi connectivity index (χ0v) is 8.83.